The second-order valence-corrected chi connectivity index (χ2v) is 2.68. The molecule has 2 aromatic rings. The van der Waals surface area contributed by atoms with Crippen LogP contribution in [-0.4, -0.2) is 19.1 Å². The first-order valence-electron chi connectivity index (χ1n) is 4.29. The average molecular weight is 181 g/mol. The molecule has 0 aliphatic carbocycles. The van der Waals surface area contributed by atoms with Crippen molar-refractivity contribution in [1.82, 2.24) is 19.1 Å². The predicted octanol–water partition coefficient (Wildman–Crippen LogP) is -1.04. The highest BCUT2D eigenvalue weighted by Gasteiger charge is 2.08. The minimum atomic E-state index is -0.524. The third-order valence-corrected chi connectivity index (χ3v) is 1.91. The van der Waals surface area contributed by atoms with Gasteiger partial charge < -0.3 is 4.98 Å². The fourth-order valence-electron chi connectivity index (χ4n) is 1.19. The van der Waals surface area contributed by atoms with Crippen molar-refractivity contribution >= 4 is 11.2 Å². The first kappa shape index (κ1) is 6.64. The Morgan fingerprint density at radius 1 is 1.54 bits per heavy atom. The molecule has 2 rings (SSSR count). The molecule has 2 aromatic heterocycles. The Morgan fingerprint density at radius 3 is 3.00 bits per heavy atom. The number of rotatable bonds is 0. The van der Waals surface area contributed by atoms with E-state index >= 15 is 0 Å². The molecule has 0 bridgehead atoms. The van der Waals surface area contributed by atoms with Crippen LogP contribution in [-0.2, 0) is 14.1 Å². The maximum Gasteiger partial charge on any atom is 0.332 e. The van der Waals surface area contributed by atoms with Crippen LogP contribution in [0.1, 0.15) is 1.37 Å². The van der Waals surface area contributed by atoms with Gasteiger partial charge in [-0.1, -0.05) is 0 Å². The molecule has 0 amide bonds. The van der Waals surface area contributed by atoms with E-state index in [4.69, 9.17) is 1.37 Å². The Bertz CT molecular complexity index is 594. The summed E-state index contributed by atoms with van der Waals surface area (Å²) in [5.74, 6) is 0. The third-order valence-electron chi connectivity index (χ3n) is 1.91. The zero-order valence-electron chi connectivity index (χ0n) is 7.94. The molecule has 0 saturated heterocycles. The Kier molecular flexibility index (Phi) is 1.18. The molecule has 0 unspecified atom stereocenters. The normalized spacial score (nSPS) is 11.9. The molecule has 0 spiro atoms. The quantitative estimate of drug-likeness (QED) is 0.564. The molecule has 0 aromatic carbocycles. The summed E-state index contributed by atoms with van der Waals surface area (Å²) in [6.07, 6.45) is 1.35. The van der Waals surface area contributed by atoms with Gasteiger partial charge in [-0.05, 0) is 0 Å². The summed E-state index contributed by atoms with van der Waals surface area (Å²) in [5.41, 5.74) is -0.468. The van der Waals surface area contributed by atoms with Gasteiger partial charge in [0.05, 0.1) is 6.33 Å². The van der Waals surface area contributed by atoms with Gasteiger partial charge in [0.25, 0.3) is 5.56 Å². The van der Waals surface area contributed by atoms with Gasteiger partial charge in [0.15, 0.2) is 5.65 Å². The predicted molar refractivity (Wildman–Crippen MR) is 46.6 cm³/mol. The number of hydrogen-bond donors (Lipinski definition) is 1. The van der Waals surface area contributed by atoms with E-state index in [0.717, 1.165) is 4.57 Å². The van der Waals surface area contributed by atoms with E-state index in [0.29, 0.717) is 5.65 Å². The Labute approximate surface area is 73.9 Å². The molecular formula is C7H8N4O2. The van der Waals surface area contributed by atoms with Crippen LogP contribution in [0.4, 0.5) is 0 Å². The van der Waals surface area contributed by atoms with Crippen molar-refractivity contribution in [3.8, 4) is 0 Å². The van der Waals surface area contributed by atoms with Crippen LogP contribution < -0.4 is 11.2 Å². The van der Waals surface area contributed by atoms with Crippen molar-refractivity contribution in [1.29, 1.82) is 0 Å². The van der Waals surface area contributed by atoms with E-state index in [1.807, 2.05) is 0 Å². The summed E-state index contributed by atoms with van der Waals surface area (Å²) < 4.78 is 9.14. The van der Waals surface area contributed by atoms with Gasteiger partial charge in [-0.25, -0.2) is 9.78 Å². The highest BCUT2D eigenvalue weighted by molar-refractivity contribution is 5.68. The molecule has 6 nitrogen and oxygen atoms in total. The van der Waals surface area contributed by atoms with Gasteiger partial charge >= 0.3 is 5.69 Å². The average Bonchev–Trinajstić information content (AvgIpc) is 2.64. The molecule has 0 radical (unpaired) electrons. The highest BCUT2D eigenvalue weighted by Crippen LogP contribution is 1.97. The van der Waals surface area contributed by atoms with Crippen molar-refractivity contribution in [2.75, 3.05) is 0 Å². The van der Waals surface area contributed by atoms with Crippen molar-refractivity contribution in [3.63, 3.8) is 0 Å². The van der Waals surface area contributed by atoms with Crippen LogP contribution in [0.5, 0.6) is 0 Å². The molecule has 0 aliphatic heterocycles. The smallest absolute Gasteiger partial charge is 0.332 e. The van der Waals surface area contributed by atoms with Gasteiger partial charge in [0.1, 0.15) is 5.52 Å². The molecule has 6 heteroatoms. The van der Waals surface area contributed by atoms with Crippen LogP contribution in [0.2, 0.25) is 0 Å². The van der Waals surface area contributed by atoms with E-state index in [1.54, 1.807) is 0 Å². The third kappa shape index (κ3) is 0.851. The largest absolute Gasteiger partial charge is 0.339 e. The van der Waals surface area contributed by atoms with E-state index in [2.05, 4.69) is 9.97 Å². The van der Waals surface area contributed by atoms with Gasteiger partial charge in [-0.3, -0.25) is 13.9 Å². The van der Waals surface area contributed by atoms with Gasteiger partial charge in [-0.2, -0.15) is 0 Å². The lowest BCUT2D eigenvalue weighted by atomic mass is 10.5. The summed E-state index contributed by atoms with van der Waals surface area (Å²) in [6.45, 7) is 0. The number of nitrogens with zero attached hydrogens (tertiary/aromatic N) is 3. The second kappa shape index (κ2) is 2.32. The summed E-state index contributed by atoms with van der Waals surface area (Å²) in [5, 5.41) is 0. The molecule has 0 aliphatic rings. The molecule has 13 heavy (non-hydrogen) atoms. The highest BCUT2D eigenvalue weighted by atomic mass is 16.2. The molecule has 0 fully saturated rings. The number of nitrogens with one attached hydrogen (secondary N) is 1. The Balaban J connectivity index is 3.10. The SMILES string of the molecule is [2H]Cn1c(=O)c2[nH]cnc2n(C)c1=O. The summed E-state index contributed by atoms with van der Waals surface area (Å²) in [7, 11) is 1.12. The lowest BCUT2D eigenvalue weighted by molar-refractivity contribution is 0.709. The van der Waals surface area contributed by atoms with Crippen LogP contribution in [0.15, 0.2) is 15.9 Å². The van der Waals surface area contributed by atoms with Gasteiger partial charge in [0.2, 0.25) is 0 Å². The molecule has 1 N–H and O–H groups in total. The summed E-state index contributed by atoms with van der Waals surface area (Å²) >= 11 is 0. The number of H-pyrrole nitrogens is 1. The first-order valence-corrected chi connectivity index (χ1v) is 3.59. The molecule has 0 saturated carbocycles. The molecular weight excluding hydrogens is 172 g/mol. The monoisotopic (exact) mass is 181 g/mol. The second-order valence-electron chi connectivity index (χ2n) is 2.68. The lowest BCUT2D eigenvalue weighted by Gasteiger charge is -2.00. The zero-order valence-corrected chi connectivity index (χ0v) is 6.94. The van der Waals surface area contributed by atoms with Crippen LogP contribution >= 0.6 is 0 Å². The van der Waals surface area contributed by atoms with Crippen LogP contribution in [0, 0.1) is 0 Å². The minimum absolute atomic E-state index is 0.249. The fourth-order valence-corrected chi connectivity index (χ4v) is 1.19. The maximum absolute atomic E-state index is 11.6. The Hall–Kier alpha value is -1.85. The Morgan fingerprint density at radius 2 is 2.31 bits per heavy atom. The summed E-state index contributed by atoms with van der Waals surface area (Å²) in [6, 6.07) is 0. The number of aryl methyl sites for hydroxylation is 1. The van der Waals surface area contributed by atoms with E-state index in [1.165, 1.54) is 17.9 Å². The number of hydrogen-bond acceptors (Lipinski definition) is 3. The fraction of sp³-hybridized carbons (Fsp3) is 0.286. The van der Waals surface area contributed by atoms with E-state index in [9.17, 15) is 9.59 Å². The van der Waals surface area contributed by atoms with Crippen LogP contribution in [0.3, 0.4) is 0 Å². The van der Waals surface area contributed by atoms with Crippen molar-refractivity contribution in [2.45, 2.75) is 0 Å². The standard InChI is InChI=1S/C7H8N4O2/c1-10-5-4(8-3-9-5)6(12)11(2)7(10)13/h3H,1-2H3,(H,8,9)/i2D. The summed E-state index contributed by atoms with van der Waals surface area (Å²) in [4.78, 5) is 29.5. The van der Waals surface area contributed by atoms with Crippen molar-refractivity contribution in [2.24, 2.45) is 14.1 Å². The number of aromatic amines is 1. The van der Waals surface area contributed by atoms with E-state index in [-0.39, 0.29) is 12.5 Å². The number of fused-ring (bicyclic) bond motifs is 1. The van der Waals surface area contributed by atoms with Gasteiger partial charge in [-0.15, -0.1) is 0 Å². The lowest BCUT2D eigenvalue weighted by Crippen LogP contribution is -2.36. The van der Waals surface area contributed by atoms with Gasteiger partial charge in [0, 0.05) is 15.4 Å². The van der Waals surface area contributed by atoms with E-state index < -0.39 is 11.2 Å². The maximum atomic E-state index is 11.6. The van der Waals surface area contributed by atoms with Crippen molar-refractivity contribution < 1.29 is 1.37 Å². The topological polar surface area (TPSA) is 72.7 Å². The molecule has 68 valence electrons. The minimum Gasteiger partial charge on any atom is -0.339 e. The number of imidazole rings is 1. The van der Waals surface area contributed by atoms with Crippen molar-refractivity contribution in [3.05, 3.63) is 27.2 Å². The molecule has 2 heterocycles. The number of aromatic nitrogens is 4. The molecule has 0 atom stereocenters. The van der Waals surface area contributed by atoms with Crippen LogP contribution in [0.25, 0.3) is 11.2 Å². The zero-order chi connectivity index (χ0) is 10.3. The first-order chi connectivity index (χ1) is 6.66.